The molecule has 3 aromatic carbocycles. The first-order valence-electron chi connectivity index (χ1n) is 9.13. The molecule has 0 aromatic heterocycles. The molecule has 9 heteroatoms. The van der Waals surface area contributed by atoms with E-state index < -0.39 is 10.8 Å². The topological polar surface area (TPSA) is 93.8 Å². The fourth-order valence-electron chi connectivity index (χ4n) is 2.76. The average molecular weight is 486 g/mol. The molecule has 31 heavy (non-hydrogen) atoms. The van der Waals surface area contributed by atoms with E-state index in [1.165, 1.54) is 36.5 Å². The first kappa shape index (κ1) is 22.1. The van der Waals surface area contributed by atoms with Gasteiger partial charge in [-0.25, -0.2) is 9.82 Å². The van der Waals surface area contributed by atoms with E-state index in [1.54, 1.807) is 36.4 Å². The lowest BCUT2D eigenvalue weighted by Gasteiger charge is -2.10. The van der Waals surface area contributed by atoms with Crippen molar-refractivity contribution in [2.24, 2.45) is 5.10 Å². The zero-order chi connectivity index (χ0) is 22.2. The molecule has 0 aliphatic rings. The molecule has 1 amide bonds. The summed E-state index contributed by atoms with van der Waals surface area (Å²) in [7, 11) is 0. The monoisotopic (exact) mass is 485 g/mol. The number of ether oxygens (including phenoxy) is 1. The molecule has 0 fully saturated rings. The number of halogens is 2. The van der Waals surface area contributed by atoms with Gasteiger partial charge in [-0.05, 0) is 35.9 Å². The Labute approximate surface area is 185 Å². The molecule has 158 valence electrons. The second kappa shape index (κ2) is 10.4. The van der Waals surface area contributed by atoms with Gasteiger partial charge in [0.25, 0.3) is 5.69 Å². The highest BCUT2D eigenvalue weighted by molar-refractivity contribution is 9.10. The van der Waals surface area contributed by atoms with Gasteiger partial charge in [-0.3, -0.25) is 14.9 Å². The van der Waals surface area contributed by atoms with Crippen LogP contribution in [0, 0.1) is 15.9 Å². The number of para-hydroxylation sites is 1. The normalized spacial score (nSPS) is 10.8. The van der Waals surface area contributed by atoms with Crippen molar-refractivity contribution >= 4 is 33.7 Å². The molecule has 0 saturated heterocycles. The van der Waals surface area contributed by atoms with E-state index in [-0.39, 0.29) is 24.5 Å². The van der Waals surface area contributed by atoms with Crippen LogP contribution in [0.15, 0.2) is 76.3 Å². The minimum absolute atomic E-state index is 0.123. The highest BCUT2D eigenvalue weighted by atomic mass is 79.9. The lowest BCUT2D eigenvalue weighted by atomic mass is 10.1. The minimum atomic E-state index is -0.532. The van der Waals surface area contributed by atoms with Crippen LogP contribution in [0.25, 0.3) is 0 Å². The van der Waals surface area contributed by atoms with Crippen LogP contribution in [-0.2, 0) is 17.8 Å². The molecule has 0 aliphatic carbocycles. The number of nitro groups is 1. The number of nitrogens with zero attached hydrogens (tertiary/aromatic N) is 2. The third-order valence-electron chi connectivity index (χ3n) is 4.19. The summed E-state index contributed by atoms with van der Waals surface area (Å²) >= 11 is 3.37. The van der Waals surface area contributed by atoms with Crippen molar-refractivity contribution in [1.82, 2.24) is 5.43 Å². The maximum absolute atomic E-state index is 13.3. The van der Waals surface area contributed by atoms with E-state index in [0.717, 1.165) is 4.47 Å². The Morgan fingerprint density at radius 1 is 1.16 bits per heavy atom. The second-order valence-electron chi connectivity index (χ2n) is 6.46. The number of benzene rings is 3. The van der Waals surface area contributed by atoms with Gasteiger partial charge in [-0.1, -0.05) is 46.3 Å². The lowest BCUT2D eigenvalue weighted by Crippen LogP contribution is -2.20. The van der Waals surface area contributed by atoms with Gasteiger partial charge >= 0.3 is 0 Å². The fraction of sp³-hybridized carbons (Fsp3) is 0.0909. The summed E-state index contributed by atoms with van der Waals surface area (Å²) in [6, 6.07) is 17.4. The molecule has 0 radical (unpaired) electrons. The van der Waals surface area contributed by atoms with E-state index in [0.29, 0.717) is 22.4 Å². The Bertz CT molecular complexity index is 1140. The van der Waals surface area contributed by atoms with E-state index in [9.17, 15) is 19.3 Å². The van der Waals surface area contributed by atoms with Crippen molar-refractivity contribution in [3.63, 3.8) is 0 Å². The Morgan fingerprint density at radius 3 is 2.74 bits per heavy atom. The van der Waals surface area contributed by atoms with Gasteiger partial charge in [-0.15, -0.1) is 0 Å². The van der Waals surface area contributed by atoms with E-state index in [1.807, 2.05) is 0 Å². The van der Waals surface area contributed by atoms with Crippen molar-refractivity contribution in [3.8, 4) is 5.75 Å². The molecule has 0 heterocycles. The predicted molar refractivity (Wildman–Crippen MR) is 117 cm³/mol. The van der Waals surface area contributed by atoms with E-state index in [4.69, 9.17) is 4.74 Å². The van der Waals surface area contributed by atoms with Crippen molar-refractivity contribution in [2.45, 2.75) is 13.0 Å². The van der Waals surface area contributed by atoms with Gasteiger partial charge < -0.3 is 4.74 Å². The number of hydrazone groups is 1. The number of nitrogens with one attached hydrogen (secondary N) is 1. The second-order valence-corrected chi connectivity index (χ2v) is 7.37. The maximum atomic E-state index is 13.3. The van der Waals surface area contributed by atoms with Crippen molar-refractivity contribution in [3.05, 3.63) is 104 Å². The number of hydrogen-bond donors (Lipinski definition) is 1. The molecule has 0 unspecified atom stereocenters. The number of nitro benzene ring substituents is 1. The predicted octanol–water partition coefficient (Wildman–Crippen LogP) is 4.77. The molecule has 0 bridgehead atoms. The molecular formula is C22H17BrFN3O4. The first-order valence-corrected chi connectivity index (χ1v) is 9.92. The summed E-state index contributed by atoms with van der Waals surface area (Å²) in [5.41, 5.74) is 3.78. The van der Waals surface area contributed by atoms with Crippen molar-refractivity contribution in [2.75, 3.05) is 0 Å². The van der Waals surface area contributed by atoms with E-state index in [2.05, 4.69) is 26.5 Å². The van der Waals surface area contributed by atoms with Crippen LogP contribution in [0.4, 0.5) is 10.1 Å². The molecular weight excluding hydrogens is 469 g/mol. The zero-order valence-corrected chi connectivity index (χ0v) is 17.7. The van der Waals surface area contributed by atoms with Crippen LogP contribution in [0.3, 0.4) is 0 Å². The molecule has 0 atom stereocenters. The van der Waals surface area contributed by atoms with Gasteiger partial charge in [0.1, 0.15) is 18.2 Å². The summed E-state index contributed by atoms with van der Waals surface area (Å²) in [4.78, 5) is 22.7. The summed E-state index contributed by atoms with van der Waals surface area (Å²) in [6.45, 7) is 0.157. The van der Waals surface area contributed by atoms with Gasteiger partial charge in [-0.2, -0.15) is 5.10 Å². The molecule has 3 aromatic rings. The Hall–Kier alpha value is -3.59. The quantitative estimate of drug-likeness (QED) is 0.282. The van der Waals surface area contributed by atoms with Crippen LogP contribution in [0.2, 0.25) is 0 Å². The zero-order valence-electron chi connectivity index (χ0n) is 16.1. The van der Waals surface area contributed by atoms with Gasteiger partial charge in [0, 0.05) is 21.7 Å². The standard InChI is InChI=1S/C22H17BrFN3O4/c23-18-8-9-21(31-14-15-4-3-6-19(24)10-15)17(11-18)13-25-26-22(28)12-16-5-1-2-7-20(16)27(29)30/h1-11,13H,12,14H2,(H,26,28). The number of hydrogen-bond acceptors (Lipinski definition) is 5. The Balaban J connectivity index is 1.65. The third-order valence-corrected chi connectivity index (χ3v) is 4.68. The summed E-state index contributed by atoms with van der Waals surface area (Å²) in [5.74, 6) is -0.355. The van der Waals surface area contributed by atoms with Crippen LogP contribution >= 0.6 is 15.9 Å². The van der Waals surface area contributed by atoms with Crippen molar-refractivity contribution < 1.29 is 18.8 Å². The smallest absolute Gasteiger partial charge is 0.273 e. The molecule has 0 aliphatic heterocycles. The average Bonchev–Trinajstić information content (AvgIpc) is 2.73. The van der Waals surface area contributed by atoms with Crippen LogP contribution < -0.4 is 10.2 Å². The highest BCUT2D eigenvalue weighted by Gasteiger charge is 2.15. The number of carbonyl (C=O) groups is 1. The maximum Gasteiger partial charge on any atom is 0.273 e. The third kappa shape index (κ3) is 6.45. The van der Waals surface area contributed by atoms with Gasteiger partial charge in [0.2, 0.25) is 5.91 Å². The SMILES string of the molecule is O=C(Cc1ccccc1[N+](=O)[O-])NN=Cc1cc(Br)ccc1OCc1cccc(F)c1. The summed E-state index contributed by atoms with van der Waals surface area (Å²) in [6.07, 6.45) is 1.22. The molecule has 7 nitrogen and oxygen atoms in total. The molecule has 1 N–H and O–H groups in total. The minimum Gasteiger partial charge on any atom is -0.488 e. The summed E-state index contributed by atoms with van der Waals surface area (Å²) < 4.78 is 19.9. The summed E-state index contributed by atoms with van der Waals surface area (Å²) in [5, 5.41) is 15.0. The largest absolute Gasteiger partial charge is 0.488 e. The van der Waals surface area contributed by atoms with Crippen LogP contribution in [0.1, 0.15) is 16.7 Å². The first-order chi connectivity index (χ1) is 14.9. The highest BCUT2D eigenvalue weighted by Crippen LogP contribution is 2.23. The molecule has 0 spiro atoms. The Morgan fingerprint density at radius 2 is 1.97 bits per heavy atom. The number of amides is 1. The molecule has 3 rings (SSSR count). The van der Waals surface area contributed by atoms with Gasteiger partial charge in [0.05, 0.1) is 17.6 Å². The van der Waals surface area contributed by atoms with Gasteiger partial charge in [0.15, 0.2) is 0 Å². The number of rotatable bonds is 8. The Kier molecular flexibility index (Phi) is 7.45. The molecule has 0 saturated carbocycles. The van der Waals surface area contributed by atoms with Crippen molar-refractivity contribution in [1.29, 1.82) is 0 Å². The fourth-order valence-corrected chi connectivity index (χ4v) is 3.14. The van der Waals surface area contributed by atoms with Crippen LogP contribution in [0.5, 0.6) is 5.75 Å². The van der Waals surface area contributed by atoms with Crippen LogP contribution in [-0.4, -0.2) is 17.0 Å². The number of carbonyl (C=O) groups excluding carboxylic acids is 1. The van der Waals surface area contributed by atoms with E-state index >= 15 is 0 Å². The lowest BCUT2D eigenvalue weighted by molar-refractivity contribution is -0.385.